The van der Waals surface area contributed by atoms with E-state index in [2.05, 4.69) is 16.3 Å². The molecule has 1 spiro atoms. The van der Waals surface area contributed by atoms with Crippen LogP contribution >= 0.6 is 0 Å². The number of hydrogen-bond donors (Lipinski definition) is 1. The first-order chi connectivity index (χ1) is 14.4. The Morgan fingerprint density at radius 1 is 1.37 bits per heavy atom. The lowest BCUT2D eigenvalue weighted by Crippen LogP contribution is -2.44. The summed E-state index contributed by atoms with van der Waals surface area (Å²) in [4.78, 5) is 30.2. The second-order valence-electron chi connectivity index (χ2n) is 8.82. The molecule has 156 valence electrons. The van der Waals surface area contributed by atoms with Crippen molar-refractivity contribution in [1.82, 2.24) is 20.0 Å². The fraction of sp³-hybridized carbons (Fsp3) is 0.435. The van der Waals surface area contributed by atoms with Gasteiger partial charge in [0.15, 0.2) is 0 Å². The Morgan fingerprint density at radius 3 is 2.93 bits per heavy atom. The van der Waals surface area contributed by atoms with Crippen molar-refractivity contribution in [3.05, 3.63) is 65.0 Å². The molecule has 7 nitrogen and oxygen atoms in total. The molecule has 1 aromatic heterocycles. The number of hydrogen-bond acceptors (Lipinski definition) is 4. The Bertz CT molecular complexity index is 1040. The lowest BCUT2D eigenvalue weighted by Gasteiger charge is -2.27. The highest BCUT2D eigenvalue weighted by Gasteiger charge is 2.67. The third-order valence-corrected chi connectivity index (χ3v) is 6.45. The first-order valence-corrected chi connectivity index (χ1v) is 10.3. The molecule has 0 aliphatic carbocycles. The summed E-state index contributed by atoms with van der Waals surface area (Å²) in [6.07, 6.45) is 3.61. The van der Waals surface area contributed by atoms with Gasteiger partial charge in [-0.05, 0) is 25.5 Å². The number of rotatable bonds is 5. The Kier molecular flexibility index (Phi) is 4.32. The van der Waals surface area contributed by atoms with Crippen LogP contribution in [0.15, 0.2) is 42.5 Å². The summed E-state index contributed by atoms with van der Waals surface area (Å²) in [5, 5.41) is 7.12. The van der Waals surface area contributed by atoms with E-state index in [1.54, 1.807) is 11.9 Å². The molecule has 2 aromatic rings. The Balaban J connectivity index is 1.36. The number of aryl methyl sites for hydroxylation is 2. The van der Waals surface area contributed by atoms with Crippen LogP contribution in [0.2, 0.25) is 0 Å². The van der Waals surface area contributed by atoms with Gasteiger partial charge in [0.2, 0.25) is 11.8 Å². The second-order valence-corrected chi connectivity index (χ2v) is 8.82. The molecule has 3 aliphatic rings. The summed E-state index contributed by atoms with van der Waals surface area (Å²) in [5.41, 5.74) is 3.32. The molecule has 2 amide bonds. The SMILES string of the molecule is Cc1cccc(CN2C[C@]34C=C[C@H](O3)[C@H](C(=O)N(C)Cc3cc(C)[nH]n3)[C@@H]4C2=O)c1. The zero-order chi connectivity index (χ0) is 21.0. The van der Waals surface area contributed by atoms with Crippen LogP contribution in [0.25, 0.3) is 0 Å². The number of nitrogens with zero attached hydrogens (tertiary/aromatic N) is 3. The van der Waals surface area contributed by atoms with Gasteiger partial charge in [-0.25, -0.2) is 0 Å². The molecule has 7 heteroatoms. The minimum Gasteiger partial charge on any atom is -0.360 e. The molecule has 0 radical (unpaired) electrons. The van der Waals surface area contributed by atoms with Crippen LogP contribution in [0.1, 0.15) is 22.5 Å². The van der Waals surface area contributed by atoms with Crippen LogP contribution in [-0.4, -0.2) is 57.1 Å². The molecule has 0 saturated carbocycles. The Labute approximate surface area is 175 Å². The van der Waals surface area contributed by atoms with Gasteiger partial charge >= 0.3 is 0 Å². The number of aromatic nitrogens is 2. The lowest BCUT2D eigenvalue weighted by molar-refractivity contribution is -0.142. The van der Waals surface area contributed by atoms with Crippen molar-refractivity contribution >= 4 is 11.8 Å². The highest BCUT2D eigenvalue weighted by atomic mass is 16.5. The van der Waals surface area contributed by atoms with Crippen molar-refractivity contribution < 1.29 is 14.3 Å². The van der Waals surface area contributed by atoms with Crippen LogP contribution in [0.4, 0.5) is 0 Å². The maximum Gasteiger partial charge on any atom is 0.230 e. The minimum atomic E-state index is -0.685. The van der Waals surface area contributed by atoms with E-state index < -0.39 is 17.4 Å². The van der Waals surface area contributed by atoms with Gasteiger partial charge in [-0.15, -0.1) is 0 Å². The quantitative estimate of drug-likeness (QED) is 0.770. The van der Waals surface area contributed by atoms with Gasteiger partial charge in [-0.2, -0.15) is 5.10 Å². The summed E-state index contributed by atoms with van der Waals surface area (Å²) < 4.78 is 6.24. The Morgan fingerprint density at radius 2 is 2.20 bits per heavy atom. The van der Waals surface area contributed by atoms with E-state index in [1.165, 1.54) is 0 Å². The number of aromatic amines is 1. The number of amides is 2. The zero-order valence-corrected chi connectivity index (χ0v) is 17.5. The third kappa shape index (κ3) is 2.96. The number of benzene rings is 1. The number of carbonyl (C=O) groups is 2. The van der Waals surface area contributed by atoms with Crippen molar-refractivity contribution in [1.29, 1.82) is 0 Å². The predicted octanol–water partition coefficient (Wildman–Crippen LogP) is 1.97. The van der Waals surface area contributed by atoms with Crippen LogP contribution in [0.3, 0.4) is 0 Å². The zero-order valence-electron chi connectivity index (χ0n) is 17.5. The van der Waals surface area contributed by atoms with E-state index in [9.17, 15) is 9.59 Å². The minimum absolute atomic E-state index is 0.00530. The topological polar surface area (TPSA) is 78.5 Å². The van der Waals surface area contributed by atoms with Crippen LogP contribution < -0.4 is 0 Å². The number of ether oxygens (including phenoxy) is 1. The van der Waals surface area contributed by atoms with Gasteiger partial charge in [-0.3, -0.25) is 14.7 Å². The number of likely N-dealkylation sites (tertiary alicyclic amines) is 1. The first-order valence-electron chi connectivity index (χ1n) is 10.3. The van der Waals surface area contributed by atoms with E-state index in [-0.39, 0.29) is 17.9 Å². The highest BCUT2D eigenvalue weighted by Crippen LogP contribution is 2.52. The molecular weight excluding hydrogens is 380 g/mol. The van der Waals surface area contributed by atoms with Gasteiger partial charge in [0.05, 0.1) is 36.7 Å². The molecule has 4 atom stereocenters. The molecule has 5 rings (SSSR count). The molecule has 2 bridgehead atoms. The summed E-state index contributed by atoms with van der Waals surface area (Å²) in [5.74, 6) is -1.02. The largest absolute Gasteiger partial charge is 0.360 e. The monoisotopic (exact) mass is 406 g/mol. The van der Waals surface area contributed by atoms with Crippen LogP contribution in [-0.2, 0) is 27.4 Å². The van der Waals surface area contributed by atoms with E-state index >= 15 is 0 Å². The summed E-state index contributed by atoms with van der Waals surface area (Å²) in [6, 6.07) is 10.1. The van der Waals surface area contributed by atoms with Gasteiger partial charge in [0.1, 0.15) is 5.60 Å². The van der Waals surface area contributed by atoms with Crippen LogP contribution in [0.5, 0.6) is 0 Å². The molecule has 0 unspecified atom stereocenters. The van der Waals surface area contributed by atoms with Crippen molar-refractivity contribution in [3.8, 4) is 0 Å². The molecule has 1 N–H and O–H groups in total. The fourth-order valence-electron chi connectivity index (χ4n) is 5.16. The maximum atomic E-state index is 13.4. The van der Waals surface area contributed by atoms with Gasteiger partial charge < -0.3 is 14.5 Å². The molecule has 30 heavy (non-hydrogen) atoms. The fourth-order valence-corrected chi connectivity index (χ4v) is 5.16. The van der Waals surface area contributed by atoms with Crippen LogP contribution in [0, 0.1) is 25.7 Å². The second kappa shape index (κ2) is 6.80. The van der Waals surface area contributed by atoms with Crippen molar-refractivity contribution in [2.75, 3.05) is 13.6 Å². The number of fused-ring (bicyclic) bond motifs is 1. The lowest BCUT2D eigenvalue weighted by atomic mass is 9.76. The smallest absolute Gasteiger partial charge is 0.230 e. The maximum absolute atomic E-state index is 13.4. The number of H-pyrrole nitrogens is 1. The van der Waals surface area contributed by atoms with Gasteiger partial charge in [-0.1, -0.05) is 42.0 Å². The summed E-state index contributed by atoms with van der Waals surface area (Å²) in [6.45, 7) is 5.39. The third-order valence-electron chi connectivity index (χ3n) is 6.45. The van der Waals surface area contributed by atoms with Gasteiger partial charge in [0.25, 0.3) is 0 Å². The van der Waals surface area contributed by atoms with E-state index in [0.717, 1.165) is 22.5 Å². The molecular formula is C23H26N4O3. The van der Waals surface area contributed by atoms with E-state index in [4.69, 9.17) is 4.74 Å². The molecule has 3 aliphatic heterocycles. The number of nitrogens with one attached hydrogen (secondary N) is 1. The molecule has 2 saturated heterocycles. The van der Waals surface area contributed by atoms with Crippen molar-refractivity contribution in [3.63, 3.8) is 0 Å². The highest BCUT2D eigenvalue weighted by molar-refractivity contribution is 5.93. The number of carbonyl (C=O) groups excluding carboxylic acids is 2. The average molecular weight is 406 g/mol. The van der Waals surface area contributed by atoms with Crippen molar-refractivity contribution in [2.24, 2.45) is 11.8 Å². The molecule has 4 heterocycles. The average Bonchev–Trinajstić information content (AvgIpc) is 3.44. The standard InChI is InChI=1S/C23H26N4O3/c1-14-5-4-6-16(9-14)11-27-13-23-8-7-18(30-23)19(20(23)22(27)29)21(28)26(3)12-17-10-15(2)24-25-17/h4-10,18-20H,11-13H2,1-3H3,(H,24,25)/t18-,19-,20+,23-/m0/s1. The summed E-state index contributed by atoms with van der Waals surface area (Å²) in [7, 11) is 1.76. The predicted molar refractivity (Wildman–Crippen MR) is 110 cm³/mol. The van der Waals surface area contributed by atoms with E-state index in [1.807, 2.05) is 55.2 Å². The summed E-state index contributed by atoms with van der Waals surface area (Å²) >= 11 is 0. The van der Waals surface area contributed by atoms with E-state index in [0.29, 0.717) is 19.6 Å². The molecule has 1 aromatic carbocycles. The Hall–Kier alpha value is -2.93. The first kappa shape index (κ1) is 19.1. The normalized spacial score (nSPS) is 29.0. The van der Waals surface area contributed by atoms with Crippen molar-refractivity contribution in [2.45, 2.75) is 38.6 Å². The van der Waals surface area contributed by atoms with Gasteiger partial charge in [0, 0.05) is 19.3 Å². The molecule has 2 fully saturated rings.